The van der Waals surface area contributed by atoms with Crippen LogP contribution < -0.4 is 43.0 Å². The molecule has 25 heteroatoms. The maximum Gasteiger partial charge on any atom is 0.305 e. The molecule has 0 fully saturated rings. The van der Waals surface area contributed by atoms with Crippen LogP contribution in [0.2, 0.25) is 0 Å². The van der Waals surface area contributed by atoms with Crippen LogP contribution in [-0.4, -0.2) is 151 Å². The number of aromatic nitrogens is 5. The zero-order chi connectivity index (χ0) is 53.6. The Morgan fingerprint density at radius 2 is 1.16 bits per heavy atom. The van der Waals surface area contributed by atoms with Gasteiger partial charge in [0, 0.05) is 49.7 Å². The molecule has 23 nitrogen and oxygen atoms in total. The van der Waals surface area contributed by atoms with Gasteiger partial charge in [-0.05, 0) is 65.2 Å². The molecular formula is C49H61N13O10S2. The highest BCUT2D eigenvalue weighted by Crippen LogP contribution is 2.20. The summed E-state index contributed by atoms with van der Waals surface area (Å²) in [6, 6.07) is 15.4. The molecule has 2 aromatic heterocycles. The molecule has 0 aliphatic carbocycles. The molecule has 0 aliphatic heterocycles. The number of nitrogens with one attached hydrogen (secondary N) is 9. The van der Waals surface area contributed by atoms with Gasteiger partial charge >= 0.3 is 5.97 Å². The van der Waals surface area contributed by atoms with Crippen LogP contribution in [0.25, 0.3) is 10.9 Å². The van der Waals surface area contributed by atoms with E-state index in [1.54, 1.807) is 61.0 Å². The largest absolute Gasteiger partial charge is 0.481 e. The van der Waals surface area contributed by atoms with Gasteiger partial charge in [0.25, 0.3) is 0 Å². The second-order valence-electron chi connectivity index (χ2n) is 17.2. The van der Waals surface area contributed by atoms with E-state index in [0.717, 1.165) is 22.0 Å². The molecule has 0 radical (unpaired) electrons. The third-order valence-electron chi connectivity index (χ3n) is 11.5. The molecule has 394 valence electrons. The van der Waals surface area contributed by atoms with Gasteiger partial charge in [0.2, 0.25) is 47.3 Å². The average molecular weight is 1060 g/mol. The number of amides is 8. The molecule has 6 atom stereocenters. The number of nitrogens with two attached hydrogens (primary N) is 1. The van der Waals surface area contributed by atoms with Gasteiger partial charge in [-0.15, -0.1) is 10.2 Å². The molecule has 12 N–H and O–H groups in total. The molecule has 0 unspecified atom stereocenters. The number of hydrogen-bond acceptors (Lipinski definition) is 14. The van der Waals surface area contributed by atoms with Crippen LogP contribution in [0.5, 0.6) is 0 Å². The Morgan fingerprint density at radius 1 is 0.622 bits per heavy atom. The number of benzene rings is 3. The van der Waals surface area contributed by atoms with Crippen LogP contribution in [0.15, 0.2) is 85.1 Å². The first-order valence-electron chi connectivity index (χ1n) is 23.5. The maximum atomic E-state index is 14.3. The molecule has 0 saturated heterocycles. The Hall–Kier alpha value is -7.80. The number of thioether (sulfide) groups is 2. The van der Waals surface area contributed by atoms with Crippen LogP contribution in [-0.2, 0) is 68.8 Å². The van der Waals surface area contributed by atoms with Gasteiger partial charge in [0.05, 0.1) is 13.0 Å². The van der Waals surface area contributed by atoms with Crippen LogP contribution in [0.1, 0.15) is 54.3 Å². The molecule has 5 rings (SSSR count). The van der Waals surface area contributed by atoms with E-state index in [1.165, 1.54) is 30.4 Å². The fourth-order valence-electron chi connectivity index (χ4n) is 7.74. The summed E-state index contributed by atoms with van der Waals surface area (Å²) in [7, 11) is 0. The smallest absolute Gasteiger partial charge is 0.305 e. The van der Waals surface area contributed by atoms with Gasteiger partial charge in [-0.3, -0.25) is 43.2 Å². The third-order valence-corrected chi connectivity index (χ3v) is 12.8. The highest BCUT2D eigenvalue weighted by atomic mass is 32.2. The van der Waals surface area contributed by atoms with Gasteiger partial charge in [0.1, 0.15) is 36.3 Å². The SMILES string of the molecule is CSCC[C@H](NC(=O)[C@H](Cc1ccc(Cc2nn[nH]n2)cc1)NC(C)=O)C(=O)NCC(=O)N[C@@H](Cc1c[nH]c2ccccc12)C(=O)N[C@@H](CCSC)C(=O)N[C@@H](CC(=O)O)C(=O)N[C@@H](Cc1ccccc1)C(N)=O. The summed E-state index contributed by atoms with van der Waals surface area (Å²) in [5, 5.41) is 42.5. The lowest BCUT2D eigenvalue weighted by molar-refractivity contribution is -0.141. The third kappa shape index (κ3) is 18.4. The number of para-hydroxylation sites is 1. The second-order valence-corrected chi connectivity index (χ2v) is 19.1. The van der Waals surface area contributed by atoms with Crippen molar-refractivity contribution in [2.75, 3.05) is 30.6 Å². The zero-order valence-electron chi connectivity index (χ0n) is 41.0. The van der Waals surface area contributed by atoms with E-state index in [4.69, 9.17) is 5.73 Å². The van der Waals surface area contributed by atoms with Crippen LogP contribution in [0.3, 0.4) is 0 Å². The molecule has 8 amide bonds. The summed E-state index contributed by atoms with van der Waals surface area (Å²) >= 11 is 2.77. The minimum atomic E-state index is -1.69. The number of carbonyl (C=O) groups is 9. The molecule has 0 bridgehead atoms. The van der Waals surface area contributed by atoms with E-state index in [0.29, 0.717) is 34.9 Å². The number of carboxylic acid groups (broad SMARTS) is 1. The van der Waals surface area contributed by atoms with Crippen molar-refractivity contribution in [3.63, 3.8) is 0 Å². The highest BCUT2D eigenvalue weighted by Gasteiger charge is 2.33. The molecule has 3 aromatic carbocycles. The van der Waals surface area contributed by atoms with E-state index < -0.39 is 102 Å². The van der Waals surface area contributed by atoms with E-state index >= 15 is 0 Å². The van der Waals surface area contributed by atoms with Crippen molar-refractivity contribution in [1.29, 1.82) is 0 Å². The summed E-state index contributed by atoms with van der Waals surface area (Å²) in [4.78, 5) is 123. The van der Waals surface area contributed by atoms with E-state index in [2.05, 4.69) is 62.8 Å². The van der Waals surface area contributed by atoms with Gasteiger partial charge in [-0.1, -0.05) is 78.0 Å². The second kappa shape index (κ2) is 29.0. The Bertz CT molecular complexity index is 2710. The first-order chi connectivity index (χ1) is 35.5. The van der Waals surface area contributed by atoms with Crippen molar-refractivity contribution in [3.05, 3.63) is 113 Å². The van der Waals surface area contributed by atoms with E-state index in [9.17, 15) is 48.3 Å². The predicted octanol–water partition coefficient (Wildman–Crippen LogP) is -0.189. The lowest BCUT2D eigenvalue weighted by Gasteiger charge is -2.26. The van der Waals surface area contributed by atoms with E-state index in [-0.39, 0.29) is 32.1 Å². The van der Waals surface area contributed by atoms with Crippen molar-refractivity contribution >= 4 is 87.7 Å². The summed E-state index contributed by atoms with van der Waals surface area (Å²) < 4.78 is 0. The number of hydrogen-bond donors (Lipinski definition) is 11. The van der Waals surface area contributed by atoms with Crippen molar-refractivity contribution in [3.8, 4) is 0 Å². The number of primary amides is 1. The molecular weight excluding hydrogens is 995 g/mol. The Kier molecular flexibility index (Phi) is 22.4. The van der Waals surface area contributed by atoms with Crippen molar-refractivity contribution in [1.82, 2.24) is 62.8 Å². The standard InChI is InChI=1S/C49H61N13O10S2/c1-28(63)53-38(22-30-13-15-31(16-14-30)23-41-59-61-62-60-41)47(70)55-35(17-19-73-2)45(68)52-27-42(64)54-39(24-32-26-51-34-12-8-7-11-33(32)34)48(71)56-36(18-20-74-3)46(69)58-40(25-43(65)66)49(72)57-37(44(50)67)21-29-9-5-4-6-10-29/h4-16,26,35-40,51H,17-25,27H2,1-3H3,(H2,50,67)(H,52,68)(H,53,63)(H,54,64)(H,55,70)(H,56,71)(H,57,72)(H,58,69)(H,65,66)(H,59,60,61,62)/t35-,36-,37-,38-,39-,40-/m0/s1. The monoisotopic (exact) mass is 1060 g/mol. The summed E-state index contributed by atoms with van der Waals surface area (Å²) in [5.74, 6) is -6.39. The lowest BCUT2D eigenvalue weighted by atomic mass is 10.0. The normalized spacial score (nSPS) is 13.4. The molecule has 0 saturated carbocycles. The van der Waals surface area contributed by atoms with Gasteiger partial charge in [-0.25, -0.2) is 0 Å². The topological polar surface area (TPSA) is 354 Å². The molecule has 74 heavy (non-hydrogen) atoms. The number of aromatic amines is 2. The Balaban J connectivity index is 1.28. The number of aliphatic carboxylic acids is 1. The van der Waals surface area contributed by atoms with Crippen LogP contribution in [0, 0.1) is 0 Å². The summed E-state index contributed by atoms with van der Waals surface area (Å²) in [6.45, 7) is 0.638. The average Bonchev–Trinajstić information content (AvgIpc) is 4.05. The quantitative estimate of drug-likeness (QED) is 0.0284. The molecule has 2 heterocycles. The Morgan fingerprint density at radius 3 is 1.77 bits per heavy atom. The Labute approximate surface area is 434 Å². The lowest BCUT2D eigenvalue weighted by Crippen LogP contribution is -2.59. The maximum absolute atomic E-state index is 14.3. The van der Waals surface area contributed by atoms with Crippen molar-refractivity contribution in [2.24, 2.45) is 5.73 Å². The number of carboxylic acids is 1. The fourth-order valence-corrected chi connectivity index (χ4v) is 8.69. The number of fused-ring (bicyclic) bond motifs is 1. The summed E-state index contributed by atoms with van der Waals surface area (Å²) in [6.07, 6.45) is 4.98. The first kappa shape index (κ1) is 57.1. The van der Waals surface area contributed by atoms with Crippen LogP contribution >= 0.6 is 23.5 Å². The van der Waals surface area contributed by atoms with Crippen molar-refractivity contribution in [2.45, 2.75) is 88.1 Å². The minimum Gasteiger partial charge on any atom is -0.481 e. The van der Waals surface area contributed by atoms with Crippen molar-refractivity contribution < 1.29 is 48.3 Å². The number of carbonyl (C=O) groups excluding carboxylic acids is 8. The minimum absolute atomic E-state index is 0.00651. The van der Waals surface area contributed by atoms with E-state index in [1.807, 2.05) is 36.6 Å². The molecule has 0 aliphatic rings. The van der Waals surface area contributed by atoms with Crippen LogP contribution in [0.4, 0.5) is 0 Å². The molecule has 0 spiro atoms. The number of H-pyrrole nitrogens is 2. The highest BCUT2D eigenvalue weighted by molar-refractivity contribution is 7.98. The first-order valence-corrected chi connectivity index (χ1v) is 26.3. The predicted molar refractivity (Wildman–Crippen MR) is 277 cm³/mol. The zero-order valence-corrected chi connectivity index (χ0v) is 42.6. The van der Waals surface area contributed by atoms with Gasteiger partial charge in [-0.2, -0.15) is 28.7 Å². The number of tetrazole rings is 1. The number of nitrogens with zero attached hydrogens (tertiary/aromatic N) is 3. The summed E-state index contributed by atoms with van der Waals surface area (Å²) in [5.41, 5.74) is 9.23. The molecule has 5 aromatic rings. The number of rotatable bonds is 30. The fraction of sp³-hybridized carbons (Fsp3) is 0.388. The van der Waals surface area contributed by atoms with Gasteiger partial charge < -0.3 is 53.0 Å². The van der Waals surface area contributed by atoms with Gasteiger partial charge in [0.15, 0.2) is 5.82 Å².